The van der Waals surface area contributed by atoms with E-state index in [0.717, 1.165) is 93.9 Å². The molecule has 5 nitrogen and oxygen atoms in total. The van der Waals surface area contributed by atoms with Crippen molar-refractivity contribution in [3.63, 3.8) is 0 Å². The summed E-state index contributed by atoms with van der Waals surface area (Å²) in [6.45, 7) is 0. The van der Waals surface area contributed by atoms with E-state index in [4.69, 9.17) is 18.2 Å². The topological polar surface area (TPSA) is 55.6 Å². The first-order valence-electron chi connectivity index (χ1n) is 17.4. The van der Waals surface area contributed by atoms with Gasteiger partial charge in [0.2, 0.25) is 5.89 Å². The van der Waals surface area contributed by atoms with Gasteiger partial charge in [0.15, 0.2) is 11.2 Å². The molecule has 0 saturated carbocycles. The van der Waals surface area contributed by atoms with E-state index in [1.165, 1.54) is 5.56 Å². The Morgan fingerprint density at radius 2 is 1.04 bits per heavy atom. The minimum atomic E-state index is 0.587. The van der Waals surface area contributed by atoms with Crippen LogP contribution in [0.1, 0.15) is 0 Å². The molecule has 0 radical (unpaired) electrons. The van der Waals surface area contributed by atoms with Gasteiger partial charge in [-0.3, -0.25) is 0 Å². The maximum Gasteiger partial charge on any atom is 0.227 e. The second kappa shape index (κ2) is 11.2. The summed E-state index contributed by atoms with van der Waals surface area (Å²) < 4.78 is 19.7. The highest BCUT2D eigenvalue weighted by Crippen LogP contribution is 2.46. The van der Waals surface area contributed by atoms with Crippen molar-refractivity contribution in [3.05, 3.63) is 170 Å². The van der Waals surface area contributed by atoms with Gasteiger partial charge < -0.3 is 18.2 Å². The van der Waals surface area contributed by atoms with Crippen molar-refractivity contribution in [2.24, 2.45) is 0 Å². The summed E-state index contributed by atoms with van der Waals surface area (Å²) >= 11 is 0. The van der Waals surface area contributed by atoms with Crippen molar-refractivity contribution in [1.82, 2.24) is 4.98 Å². The number of hydrogen-bond acceptors (Lipinski definition) is 5. The Balaban J connectivity index is 1.15. The van der Waals surface area contributed by atoms with Crippen molar-refractivity contribution in [2.75, 3.05) is 4.90 Å². The first-order chi connectivity index (χ1) is 25.8. The molecule has 0 aliphatic rings. The number of rotatable bonds is 5. The quantitative estimate of drug-likeness (QED) is 0.183. The molecule has 0 fully saturated rings. The van der Waals surface area contributed by atoms with E-state index < -0.39 is 0 Å². The molecule has 3 heterocycles. The Morgan fingerprint density at radius 1 is 0.385 bits per heavy atom. The average Bonchev–Trinajstić information content (AvgIpc) is 3.92. The van der Waals surface area contributed by atoms with Crippen LogP contribution in [0.5, 0.6) is 0 Å². The Labute approximate surface area is 297 Å². The standard InChI is InChI=1S/C47H28N2O3/c1-2-11-29(12-3-1)30-21-23-31(24-22-30)49(32-25-26-35-34-14-6-8-19-42(34)50-44(35)27-32)41-18-10-16-37-38-28-39(47-48-40-17-7-9-20-43(40)51-47)33-13-4-5-15-36(33)45(38)52-46(37)41/h1-28H. The Hall–Kier alpha value is -7.11. The number of fused-ring (bicyclic) bond motifs is 9. The van der Waals surface area contributed by atoms with Crippen LogP contribution >= 0.6 is 0 Å². The van der Waals surface area contributed by atoms with E-state index >= 15 is 0 Å². The van der Waals surface area contributed by atoms with Gasteiger partial charge in [0.1, 0.15) is 22.3 Å². The molecule has 0 N–H and O–H groups in total. The first kappa shape index (κ1) is 28.7. The van der Waals surface area contributed by atoms with E-state index in [2.05, 4.69) is 120 Å². The van der Waals surface area contributed by atoms with Crippen molar-refractivity contribution in [3.8, 4) is 22.6 Å². The second-order valence-corrected chi connectivity index (χ2v) is 13.1. The summed E-state index contributed by atoms with van der Waals surface area (Å²) in [5, 5.41) is 6.21. The van der Waals surface area contributed by atoms with Gasteiger partial charge in [-0.25, -0.2) is 4.98 Å². The third-order valence-corrected chi connectivity index (χ3v) is 10.1. The SMILES string of the molecule is c1ccc(-c2ccc(N(c3ccc4c(c3)oc3ccccc34)c3cccc4c3oc3c5ccccc5c(-c5nc6ccccc6o5)cc43)cc2)cc1. The summed E-state index contributed by atoms with van der Waals surface area (Å²) in [6, 6.07) is 58.5. The van der Waals surface area contributed by atoms with Crippen molar-refractivity contribution >= 4 is 82.8 Å². The van der Waals surface area contributed by atoms with Crippen LogP contribution in [-0.4, -0.2) is 4.98 Å². The Morgan fingerprint density at radius 3 is 1.88 bits per heavy atom. The molecule has 0 unspecified atom stereocenters. The van der Waals surface area contributed by atoms with Crippen LogP contribution < -0.4 is 4.90 Å². The fourth-order valence-electron chi connectivity index (χ4n) is 7.66. The highest BCUT2D eigenvalue weighted by molar-refractivity contribution is 6.20. The summed E-state index contributed by atoms with van der Waals surface area (Å²) in [5.74, 6) is 0.587. The molecule has 3 aromatic heterocycles. The van der Waals surface area contributed by atoms with Crippen LogP contribution in [-0.2, 0) is 0 Å². The van der Waals surface area contributed by atoms with E-state index in [-0.39, 0.29) is 0 Å². The predicted octanol–water partition coefficient (Wildman–Crippen LogP) is 13.6. The molecule has 0 aliphatic heterocycles. The van der Waals surface area contributed by atoms with Crippen LogP contribution in [0, 0.1) is 0 Å². The lowest BCUT2D eigenvalue weighted by atomic mass is 10.00. The van der Waals surface area contributed by atoms with Crippen molar-refractivity contribution < 1.29 is 13.3 Å². The van der Waals surface area contributed by atoms with Crippen LogP contribution in [0.15, 0.2) is 183 Å². The highest BCUT2D eigenvalue weighted by Gasteiger charge is 2.23. The van der Waals surface area contributed by atoms with Crippen LogP contribution in [0.2, 0.25) is 0 Å². The maximum atomic E-state index is 6.98. The van der Waals surface area contributed by atoms with Crippen LogP contribution in [0.3, 0.4) is 0 Å². The number of anilines is 3. The summed E-state index contributed by atoms with van der Waals surface area (Å²) in [5.41, 5.74) is 11.0. The van der Waals surface area contributed by atoms with Crippen LogP contribution in [0.25, 0.3) is 88.3 Å². The fourth-order valence-corrected chi connectivity index (χ4v) is 7.66. The highest BCUT2D eigenvalue weighted by atomic mass is 16.3. The molecule has 8 aromatic carbocycles. The zero-order chi connectivity index (χ0) is 34.2. The molecule has 244 valence electrons. The molecule has 0 spiro atoms. The molecule has 11 rings (SSSR count). The maximum absolute atomic E-state index is 6.98. The normalized spacial score (nSPS) is 11.8. The number of benzene rings is 8. The third kappa shape index (κ3) is 4.39. The molecule has 0 bridgehead atoms. The summed E-state index contributed by atoms with van der Waals surface area (Å²) in [4.78, 5) is 7.14. The average molecular weight is 669 g/mol. The van der Waals surface area contributed by atoms with Gasteiger partial charge in [0.05, 0.1) is 11.4 Å². The molecule has 0 amide bonds. The van der Waals surface area contributed by atoms with E-state index in [1.807, 2.05) is 54.6 Å². The molecule has 0 aliphatic carbocycles. The number of furan rings is 2. The molecule has 52 heavy (non-hydrogen) atoms. The lowest BCUT2D eigenvalue weighted by Crippen LogP contribution is -2.10. The van der Waals surface area contributed by atoms with Gasteiger partial charge in [-0.05, 0) is 71.1 Å². The number of hydrogen-bond donors (Lipinski definition) is 0. The van der Waals surface area contributed by atoms with Gasteiger partial charge >= 0.3 is 0 Å². The minimum absolute atomic E-state index is 0.587. The monoisotopic (exact) mass is 668 g/mol. The number of oxazole rings is 1. The lowest BCUT2D eigenvalue weighted by Gasteiger charge is -2.25. The number of nitrogens with zero attached hydrogens (tertiary/aromatic N) is 2. The zero-order valence-electron chi connectivity index (χ0n) is 27.8. The summed E-state index contributed by atoms with van der Waals surface area (Å²) in [7, 11) is 0. The Bertz CT molecular complexity index is 3100. The van der Waals surface area contributed by atoms with Gasteiger partial charge in [-0.1, -0.05) is 109 Å². The van der Waals surface area contributed by atoms with E-state index in [0.29, 0.717) is 5.89 Å². The molecular weight excluding hydrogens is 641 g/mol. The molecular formula is C47H28N2O3. The van der Waals surface area contributed by atoms with Gasteiger partial charge in [0, 0.05) is 44.2 Å². The summed E-state index contributed by atoms with van der Waals surface area (Å²) in [6.07, 6.45) is 0. The first-order valence-corrected chi connectivity index (χ1v) is 17.4. The fraction of sp³-hybridized carbons (Fsp3) is 0. The van der Waals surface area contributed by atoms with Gasteiger partial charge in [-0.2, -0.15) is 0 Å². The third-order valence-electron chi connectivity index (χ3n) is 10.1. The second-order valence-electron chi connectivity index (χ2n) is 13.1. The molecule has 0 saturated heterocycles. The smallest absolute Gasteiger partial charge is 0.227 e. The largest absolute Gasteiger partial charge is 0.456 e. The minimum Gasteiger partial charge on any atom is -0.456 e. The number of aromatic nitrogens is 1. The van der Waals surface area contributed by atoms with E-state index in [1.54, 1.807) is 0 Å². The van der Waals surface area contributed by atoms with Crippen LogP contribution in [0.4, 0.5) is 17.1 Å². The predicted molar refractivity (Wildman–Crippen MR) is 212 cm³/mol. The van der Waals surface area contributed by atoms with Crippen molar-refractivity contribution in [2.45, 2.75) is 0 Å². The zero-order valence-corrected chi connectivity index (χ0v) is 27.8. The number of para-hydroxylation sites is 4. The lowest BCUT2D eigenvalue weighted by molar-refractivity contribution is 0.620. The molecule has 11 aromatic rings. The Kier molecular flexibility index (Phi) is 6.18. The molecule has 5 heteroatoms. The van der Waals surface area contributed by atoms with Gasteiger partial charge in [-0.15, -0.1) is 0 Å². The van der Waals surface area contributed by atoms with Crippen molar-refractivity contribution in [1.29, 1.82) is 0 Å². The van der Waals surface area contributed by atoms with Gasteiger partial charge in [0.25, 0.3) is 0 Å². The molecule has 0 atom stereocenters. The van der Waals surface area contributed by atoms with E-state index in [9.17, 15) is 0 Å².